The van der Waals surface area contributed by atoms with E-state index in [-0.39, 0.29) is 5.78 Å². The van der Waals surface area contributed by atoms with Crippen molar-refractivity contribution in [1.29, 1.82) is 0 Å². The third-order valence-electron chi connectivity index (χ3n) is 3.78. The first kappa shape index (κ1) is 12.7. The number of pyridine rings is 1. The van der Waals surface area contributed by atoms with Crippen molar-refractivity contribution in [2.24, 2.45) is 5.92 Å². The first-order valence-corrected chi connectivity index (χ1v) is 7.94. The maximum Gasteiger partial charge on any atom is 0.165 e. The van der Waals surface area contributed by atoms with Gasteiger partial charge in [-0.15, -0.1) is 0 Å². The Hall–Kier alpha value is -1.35. The molecule has 0 atom stereocenters. The van der Waals surface area contributed by atoms with Crippen LogP contribution < -0.4 is 0 Å². The van der Waals surface area contributed by atoms with Crippen LogP contribution in [0.4, 0.5) is 0 Å². The van der Waals surface area contributed by atoms with Gasteiger partial charge in [-0.1, -0.05) is 24.3 Å². The normalized spacial score (nSPS) is 16.6. The summed E-state index contributed by atoms with van der Waals surface area (Å²) in [6.07, 6.45) is 6.57. The minimum absolute atomic E-state index is 0.251. The van der Waals surface area contributed by atoms with E-state index < -0.39 is 0 Å². The van der Waals surface area contributed by atoms with Gasteiger partial charge in [0.15, 0.2) is 5.78 Å². The van der Waals surface area contributed by atoms with Crippen LogP contribution in [0.15, 0.2) is 36.7 Å². The third kappa shape index (κ3) is 2.81. The summed E-state index contributed by atoms with van der Waals surface area (Å²) in [7, 11) is 0. The van der Waals surface area contributed by atoms with Crippen LogP contribution in [-0.2, 0) is 0 Å². The molecule has 0 radical (unpaired) electrons. The van der Waals surface area contributed by atoms with Crippen molar-refractivity contribution in [3.8, 4) is 0 Å². The fourth-order valence-electron chi connectivity index (χ4n) is 2.66. The zero-order valence-electron chi connectivity index (χ0n) is 10.8. The highest BCUT2D eigenvalue weighted by molar-refractivity contribution is 7.99. The first-order chi connectivity index (χ1) is 9.34. The van der Waals surface area contributed by atoms with Crippen molar-refractivity contribution in [3.05, 3.63) is 42.2 Å². The molecule has 2 heterocycles. The molecule has 2 aromatic rings. The number of Topliss-reactive ketones (excluding diaryl/α,β-unsaturated/α-hetero) is 1. The van der Waals surface area contributed by atoms with Gasteiger partial charge in [-0.3, -0.25) is 9.78 Å². The van der Waals surface area contributed by atoms with E-state index in [0.717, 1.165) is 16.3 Å². The molecule has 1 aromatic carbocycles. The number of nitrogens with zero attached hydrogens (tertiary/aromatic N) is 1. The lowest BCUT2D eigenvalue weighted by Crippen LogP contribution is -2.14. The highest BCUT2D eigenvalue weighted by atomic mass is 32.2. The molecule has 1 saturated heterocycles. The standard InChI is InChI=1S/C16H17NOS/c18-16(9-12-5-7-19-8-6-12)15-11-17-10-13-3-1-2-4-14(13)15/h1-4,10-12H,5-9H2. The lowest BCUT2D eigenvalue weighted by molar-refractivity contribution is 0.0960. The average Bonchev–Trinajstić information content (AvgIpc) is 2.47. The van der Waals surface area contributed by atoms with Gasteiger partial charge >= 0.3 is 0 Å². The summed E-state index contributed by atoms with van der Waals surface area (Å²) in [4.78, 5) is 16.7. The molecule has 0 spiro atoms. The topological polar surface area (TPSA) is 30.0 Å². The van der Waals surface area contributed by atoms with E-state index >= 15 is 0 Å². The summed E-state index contributed by atoms with van der Waals surface area (Å²) in [5.41, 5.74) is 0.788. The molecule has 0 aliphatic carbocycles. The summed E-state index contributed by atoms with van der Waals surface area (Å²) >= 11 is 2.00. The molecule has 3 rings (SSSR count). The van der Waals surface area contributed by atoms with Crippen LogP contribution in [0.2, 0.25) is 0 Å². The number of ketones is 1. The summed E-state index contributed by atoms with van der Waals surface area (Å²) in [5, 5.41) is 2.08. The smallest absolute Gasteiger partial charge is 0.165 e. The Morgan fingerprint density at radius 3 is 2.84 bits per heavy atom. The number of carbonyl (C=O) groups is 1. The number of carbonyl (C=O) groups excluding carboxylic acids is 1. The lowest BCUT2D eigenvalue weighted by atomic mass is 9.92. The maximum atomic E-state index is 12.5. The van der Waals surface area contributed by atoms with E-state index in [2.05, 4.69) is 4.98 Å². The molecule has 0 N–H and O–H groups in total. The average molecular weight is 271 g/mol. The van der Waals surface area contributed by atoms with Crippen LogP contribution in [0, 0.1) is 5.92 Å². The van der Waals surface area contributed by atoms with Gasteiger partial charge in [-0.25, -0.2) is 0 Å². The Kier molecular flexibility index (Phi) is 3.83. The first-order valence-electron chi connectivity index (χ1n) is 6.78. The van der Waals surface area contributed by atoms with E-state index in [4.69, 9.17) is 0 Å². The molecule has 98 valence electrons. The molecule has 1 fully saturated rings. The summed E-state index contributed by atoms with van der Waals surface area (Å²) in [5.74, 6) is 3.21. The SMILES string of the molecule is O=C(CC1CCSCC1)c1cncc2ccccc12. The van der Waals surface area contributed by atoms with Crippen molar-refractivity contribution in [2.45, 2.75) is 19.3 Å². The van der Waals surface area contributed by atoms with Crippen molar-refractivity contribution in [1.82, 2.24) is 4.98 Å². The predicted molar refractivity (Wildman–Crippen MR) is 80.7 cm³/mol. The molecule has 1 aliphatic heterocycles. The molecule has 2 nitrogen and oxygen atoms in total. The number of aromatic nitrogens is 1. The Bertz CT molecular complexity index is 585. The quantitative estimate of drug-likeness (QED) is 0.792. The van der Waals surface area contributed by atoms with Crippen molar-refractivity contribution >= 4 is 28.3 Å². The van der Waals surface area contributed by atoms with Crippen LogP contribution in [-0.4, -0.2) is 22.3 Å². The fraction of sp³-hybridized carbons (Fsp3) is 0.375. The largest absolute Gasteiger partial charge is 0.294 e. The van der Waals surface area contributed by atoms with Gasteiger partial charge in [0.1, 0.15) is 0 Å². The minimum atomic E-state index is 0.251. The number of rotatable bonds is 3. The molecule has 19 heavy (non-hydrogen) atoms. The summed E-state index contributed by atoms with van der Waals surface area (Å²) in [6.45, 7) is 0. The van der Waals surface area contributed by atoms with Gasteiger partial charge in [0, 0.05) is 29.8 Å². The van der Waals surface area contributed by atoms with Crippen molar-refractivity contribution in [3.63, 3.8) is 0 Å². The molecule has 0 bridgehead atoms. The Morgan fingerprint density at radius 1 is 1.21 bits per heavy atom. The number of hydrogen-bond acceptors (Lipinski definition) is 3. The number of hydrogen-bond donors (Lipinski definition) is 0. The second-order valence-corrected chi connectivity index (χ2v) is 6.32. The zero-order valence-corrected chi connectivity index (χ0v) is 11.7. The Balaban J connectivity index is 1.85. The third-order valence-corrected chi connectivity index (χ3v) is 4.83. The number of thioether (sulfide) groups is 1. The van der Waals surface area contributed by atoms with E-state index in [9.17, 15) is 4.79 Å². The van der Waals surface area contributed by atoms with Gasteiger partial charge in [0.05, 0.1) is 0 Å². The van der Waals surface area contributed by atoms with E-state index in [1.165, 1.54) is 24.3 Å². The molecule has 0 saturated carbocycles. The van der Waals surface area contributed by atoms with Crippen molar-refractivity contribution < 1.29 is 4.79 Å². The monoisotopic (exact) mass is 271 g/mol. The number of benzene rings is 1. The fourth-order valence-corrected chi connectivity index (χ4v) is 3.87. The zero-order chi connectivity index (χ0) is 13.1. The van der Waals surface area contributed by atoms with Gasteiger partial charge in [-0.2, -0.15) is 11.8 Å². The van der Waals surface area contributed by atoms with Crippen LogP contribution in [0.25, 0.3) is 10.8 Å². The molecular formula is C16H17NOS. The minimum Gasteiger partial charge on any atom is -0.294 e. The maximum absolute atomic E-state index is 12.5. The van der Waals surface area contributed by atoms with Gasteiger partial charge in [0.2, 0.25) is 0 Å². The summed E-state index contributed by atoms with van der Waals surface area (Å²) in [6, 6.07) is 7.99. The van der Waals surface area contributed by atoms with Gasteiger partial charge in [0.25, 0.3) is 0 Å². The predicted octanol–water partition coefficient (Wildman–Crippen LogP) is 3.95. The lowest BCUT2D eigenvalue weighted by Gasteiger charge is -2.20. The van der Waals surface area contributed by atoms with E-state index in [1.54, 1.807) is 6.20 Å². The Labute approximate surface area is 117 Å². The highest BCUT2D eigenvalue weighted by Gasteiger charge is 2.19. The molecule has 1 aromatic heterocycles. The molecule has 0 amide bonds. The van der Waals surface area contributed by atoms with Gasteiger partial charge < -0.3 is 0 Å². The van der Waals surface area contributed by atoms with E-state index in [0.29, 0.717) is 12.3 Å². The summed E-state index contributed by atoms with van der Waals surface area (Å²) < 4.78 is 0. The van der Waals surface area contributed by atoms with Crippen LogP contribution in [0.5, 0.6) is 0 Å². The highest BCUT2D eigenvalue weighted by Crippen LogP contribution is 2.27. The van der Waals surface area contributed by atoms with Crippen LogP contribution in [0.1, 0.15) is 29.6 Å². The molecule has 1 aliphatic rings. The molecule has 0 unspecified atom stereocenters. The van der Waals surface area contributed by atoms with Crippen LogP contribution >= 0.6 is 11.8 Å². The van der Waals surface area contributed by atoms with Crippen molar-refractivity contribution in [2.75, 3.05) is 11.5 Å². The second-order valence-electron chi connectivity index (χ2n) is 5.09. The Morgan fingerprint density at radius 2 is 2.00 bits per heavy atom. The second kappa shape index (κ2) is 5.74. The molecule has 3 heteroatoms. The van der Waals surface area contributed by atoms with E-state index in [1.807, 2.05) is 42.2 Å². The number of fused-ring (bicyclic) bond motifs is 1. The van der Waals surface area contributed by atoms with Crippen LogP contribution in [0.3, 0.4) is 0 Å². The molecular weight excluding hydrogens is 254 g/mol. The van der Waals surface area contributed by atoms with Gasteiger partial charge in [-0.05, 0) is 35.7 Å².